The lowest BCUT2D eigenvalue weighted by Gasteiger charge is -2.21. The zero-order valence-electron chi connectivity index (χ0n) is 15.3. The molecule has 2 aromatic heterocycles. The Kier molecular flexibility index (Phi) is 4.66. The second-order valence-corrected chi connectivity index (χ2v) is 7.72. The molecule has 6 heteroatoms. The number of hydrogen-bond donors (Lipinski definition) is 0. The van der Waals surface area contributed by atoms with E-state index >= 15 is 0 Å². The van der Waals surface area contributed by atoms with Gasteiger partial charge in [-0.25, -0.2) is 4.98 Å². The lowest BCUT2D eigenvalue weighted by atomic mass is 10.1. The highest BCUT2D eigenvalue weighted by Gasteiger charge is 2.25. The summed E-state index contributed by atoms with van der Waals surface area (Å²) in [4.78, 5) is 33.9. The third-order valence-corrected chi connectivity index (χ3v) is 6.15. The van der Waals surface area contributed by atoms with Gasteiger partial charge in [-0.15, -0.1) is 17.9 Å². The van der Waals surface area contributed by atoms with E-state index in [9.17, 15) is 9.59 Å². The van der Waals surface area contributed by atoms with Crippen molar-refractivity contribution >= 4 is 33.1 Å². The number of hydrogen-bond acceptors (Lipinski definition) is 4. The molecule has 0 radical (unpaired) electrons. The van der Waals surface area contributed by atoms with Crippen molar-refractivity contribution in [2.24, 2.45) is 0 Å². The molecule has 1 amide bonds. The van der Waals surface area contributed by atoms with E-state index < -0.39 is 0 Å². The smallest absolute Gasteiger partial charge is 0.269 e. The maximum absolute atomic E-state index is 13.3. The van der Waals surface area contributed by atoms with Gasteiger partial charge in [-0.1, -0.05) is 24.3 Å². The van der Waals surface area contributed by atoms with Crippen LogP contribution in [-0.4, -0.2) is 22.0 Å². The molecule has 0 spiro atoms. The second-order valence-electron chi connectivity index (χ2n) is 6.72. The van der Waals surface area contributed by atoms with Crippen molar-refractivity contribution in [1.82, 2.24) is 9.55 Å². The highest BCUT2D eigenvalue weighted by Crippen LogP contribution is 2.30. The molecular formula is C21H21N3O2S. The fourth-order valence-corrected chi connectivity index (χ4v) is 4.74. The molecule has 0 aliphatic carbocycles. The van der Waals surface area contributed by atoms with Gasteiger partial charge in [0.05, 0.1) is 10.3 Å². The van der Waals surface area contributed by atoms with Crippen molar-refractivity contribution in [1.29, 1.82) is 0 Å². The van der Waals surface area contributed by atoms with Gasteiger partial charge in [0.25, 0.3) is 11.5 Å². The number of fused-ring (bicyclic) bond motifs is 2. The minimum Gasteiger partial charge on any atom is -0.304 e. The number of thiophene rings is 1. The van der Waals surface area contributed by atoms with Crippen molar-refractivity contribution in [3.63, 3.8) is 0 Å². The van der Waals surface area contributed by atoms with Crippen molar-refractivity contribution in [3.05, 3.63) is 69.6 Å². The van der Waals surface area contributed by atoms with E-state index in [1.54, 1.807) is 15.5 Å². The van der Waals surface area contributed by atoms with Crippen LogP contribution in [0.3, 0.4) is 0 Å². The van der Waals surface area contributed by atoms with Crippen LogP contribution in [0.15, 0.2) is 47.8 Å². The Labute approximate surface area is 161 Å². The van der Waals surface area contributed by atoms with Crippen LogP contribution in [0.4, 0.5) is 5.69 Å². The molecule has 4 rings (SSSR count). The van der Waals surface area contributed by atoms with Crippen molar-refractivity contribution in [3.8, 4) is 0 Å². The SMILES string of the molecule is C=CCN(C(=O)c1sc2nc3n(c(=O)c2c1C)CCCC3)c1ccccc1. The highest BCUT2D eigenvalue weighted by molar-refractivity contribution is 7.20. The van der Waals surface area contributed by atoms with Crippen molar-refractivity contribution < 1.29 is 4.79 Å². The third-order valence-electron chi connectivity index (χ3n) is 4.98. The molecule has 0 fully saturated rings. The summed E-state index contributed by atoms with van der Waals surface area (Å²) in [5.74, 6) is 0.717. The maximum Gasteiger partial charge on any atom is 0.269 e. The minimum atomic E-state index is -0.121. The molecular weight excluding hydrogens is 358 g/mol. The first-order chi connectivity index (χ1) is 13.1. The summed E-state index contributed by atoms with van der Waals surface area (Å²) in [6.45, 7) is 6.74. The monoisotopic (exact) mass is 379 g/mol. The van der Waals surface area contributed by atoms with E-state index in [1.165, 1.54) is 11.3 Å². The van der Waals surface area contributed by atoms with Crippen molar-refractivity contribution in [2.45, 2.75) is 32.7 Å². The van der Waals surface area contributed by atoms with Crippen LogP contribution >= 0.6 is 11.3 Å². The normalized spacial score (nSPS) is 13.4. The van der Waals surface area contributed by atoms with Gasteiger partial charge in [-0.2, -0.15) is 0 Å². The molecule has 3 aromatic rings. The van der Waals surface area contributed by atoms with Crippen LogP contribution in [0.1, 0.15) is 33.9 Å². The Morgan fingerprint density at radius 1 is 1.33 bits per heavy atom. The Balaban J connectivity index is 1.84. The molecule has 0 unspecified atom stereocenters. The average molecular weight is 379 g/mol. The largest absolute Gasteiger partial charge is 0.304 e. The maximum atomic E-state index is 13.3. The molecule has 5 nitrogen and oxygen atoms in total. The number of carbonyl (C=O) groups excluding carboxylic acids is 1. The van der Waals surface area contributed by atoms with E-state index in [-0.39, 0.29) is 11.5 Å². The highest BCUT2D eigenvalue weighted by atomic mass is 32.1. The Bertz CT molecular complexity index is 1080. The lowest BCUT2D eigenvalue weighted by molar-refractivity contribution is 0.0993. The second kappa shape index (κ2) is 7.12. The van der Waals surface area contributed by atoms with Crippen LogP contribution in [0.5, 0.6) is 0 Å². The van der Waals surface area contributed by atoms with Gasteiger partial charge in [0.2, 0.25) is 0 Å². The Morgan fingerprint density at radius 3 is 2.85 bits per heavy atom. The number of anilines is 1. The van der Waals surface area contributed by atoms with Crippen LogP contribution in [-0.2, 0) is 13.0 Å². The topological polar surface area (TPSA) is 55.2 Å². The summed E-state index contributed by atoms with van der Waals surface area (Å²) in [5, 5.41) is 0.584. The molecule has 1 aliphatic rings. The number of para-hydroxylation sites is 1. The van der Waals surface area contributed by atoms with Crippen LogP contribution in [0.2, 0.25) is 0 Å². The van der Waals surface area contributed by atoms with Gasteiger partial charge >= 0.3 is 0 Å². The molecule has 1 aromatic carbocycles. The van der Waals surface area contributed by atoms with E-state index in [2.05, 4.69) is 6.58 Å². The van der Waals surface area contributed by atoms with Crippen LogP contribution < -0.4 is 10.5 Å². The Morgan fingerprint density at radius 2 is 2.11 bits per heavy atom. The average Bonchev–Trinajstić information content (AvgIpc) is 3.03. The first kappa shape index (κ1) is 17.7. The van der Waals surface area contributed by atoms with Crippen LogP contribution in [0.25, 0.3) is 10.2 Å². The summed E-state index contributed by atoms with van der Waals surface area (Å²) < 4.78 is 1.78. The predicted octanol–water partition coefficient (Wildman–Crippen LogP) is 3.94. The Hall–Kier alpha value is -2.73. The van der Waals surface area contributed by atoms with Crippen LogP contribution in [0, 0.1) is 6.92 Å². The molecule has 0 bridgehead atoms. The summed E-state index contributed by atoms with van der Waals surface area (Å²) in [6, 6.07) is 9.52. The number of amides is 1. The van der Waals surface area contributed by atoms with Gasteiger partial charge in [-0.3, -0.25) is 14.2 Å². The summed E-state index contributed by atoms with van der Waals surface area (Å²) in [7, 11) is 0. The third kappa shape index (κ3) is 3.00. The summed E-state index contributed by atoms with van der Waals surface area (Å²) in [5.41, 5.74) is 1.52. The standard InChI is InChI=1S/C21H21N3O2S/c1-3-12-23(15-9-5-4-6-10-15)21(26)18-14(2)17-19(27-18)22-16-11-7-8-13-24(16)20(17)25/h3-6,9-10H,1,7-8,11-13H2,2H3. The number of benzene rings is 1. The van der Waals surface area contributed by atoms with E-state index in [0.29, 0.717) is 28.2 Å². The van der Waals surface area contributed by atoms with Gasteiger partial charge in [0.15, 0.2) is 0 Å². The number of carbonyl (C=O) groups is 1. The van der Waals surface area contributed by atoms with E-state index in [4.69, 9.17) is 4.98 Å². The summed E-state index contributed by atoms with van der Waals surface area (Å²) in [6.07, 6.45) is 4.57. The number of aryl methyl sites for hydroxylation is 2. The molecule has 0 saturated carbocycles. The molecule has 0 N–H and O–H groups in total. The van der Waals surface area contributed by atoms with Crippen molar-refractivity contribution in [2.75, 3.05) is 11.4 Å². The van der Waals surface area contributed by atoms with Gasteiger partial charge < -0.3 is 4.90 Å². The molecule has 138 valence electrons. The molecule has 27 heavy (non-hydrogen) atoms. The first-order valence-corrected chi connectivity index (χ1v) is 9.94. The molecule has 1 aliphatic heterocycles. The number of aromatic nitrogens is 2. The molecule has 0 atom stereocenters. The fourth-order valence-electron chi connectivity index (χ4n) is 3.60. The zero-order chi connectivity index (χ0) is 19.0. The lowest BCUT2D eigenvalue weighted by Crippen LogP contribution is -2.31. The quantitative estimate of drug-likeness (QED) is 0.645. The van der Waals surface area contributed by atoms with Gasteiger partial charge in [-0.05, 0) is 37.5 Å². The number of nitrogens with zero attached hydrogens (tertiary/aromatic N) is 3. The summed E-state index contributed by atoms with van der Waals surface area (Å²) >= 11 is 1.32. The van der Waals surface area contributed by atoms with Gasteiger partial charge in [0, 0.05) is 25.2 Å². The number of rotatable bonds is 4. The molecule has 0 saturated heterocycles. The molecule has 3 heterocycles. The predicted molar refractivity (Wildman–Crippen MR) is 110 cm³/mol. The van der Waals surface area contributed by atoms with E-state index in [0.717, 1.165) is 36.3 Å². The first-order valence-electron chi connectivity index (χ1n) is 9.12. The van der Waals surface area contributed by atoms with Gasteiger partial charge in [0.1, 0.15) is 10.7 Å². The van der Waals surface area contributed by atoms with E-state index in [1.807, 2.05) is 37.3 Å². The fraction of sp³-hybridized carbons (Fsp3) is 0.286. The zero-order valence-corrected chi connectivity index (χ0v) is 16.1. The minimum absolute atomic E-state index is 0.0162.